The lowest BCUT2D eigenvalue weighted by Gasteiger charge is -2.29. The molecule has 4 aromatic carbocycles. The maximum atomic E-state index is 15.0. The van der Waals surface area contributed by atoms with E-state index < -0.39 is 108 Å². The number of rotatable bonds is 19. The number of nitrogens with one attached hydrogen (secondary N) is 9. The van der Waals surface area contributed by atoms with Crippen molar-refractivity contribution >= 4 is 90.6 Å². The number of fused-ring (bicyclic) bond motifs is 2. The summed E-state index contributed by atoms with van der Waals surface area (Å²) in [4.78, 5) is 109. The summed E-state index contributed by atoms with van der Waals surface area (Å²) in [6.45, 7) is 2.34. The van der Waals surface area contributed by atoms with Crippen molar-refractivity contribution in [1.82, 2.24) is 47.2 Å². The average molecular weight is 1170 g/mol. The Morgan fingerprint density at radius 3 is 2.08 bits per heavy atom. The molecule has 21 nitrogen and oxygen atoms in total. The van der Waals surface area contributed by atoms with Gasteiger partial charge >= 0.3 is 0 Å². The molecule has 7 rings (SSSR count). The van der Waals surface area contributed by atoms with Crippen LogP contribution in [0.1, 0.15) is 55.4 Å². The van der Waals surface area contributed by atoms with Gasteiger partial charge in [0.05, 0.1) is 36.4 Å². The molecule has 23 heteroatoms. The van der Waals surface area contributed by atoms with Gasteiger partial charge in [0, 0.05) is 58.9 Å². The van der Waals surface area contributed by atoms with E-state index in [0.29, 0.717) is 47.4 Å². The highest BCUT2D eigenvalue weighted by Crippen LogP contribution is 2.25. The van der Waals surface area contributed by atoms with Gasteiger partial charge in [-0.2, -0.15) is 0 Å². The molecule has 2 aromatic heterocycles. The molecule has 7 amide bonds. The zero-order valence-corrected chi connectivity index (χ0v) is 47.6. The van der Waals surface area contributed by atoms with Crippen LogP contribution in [0.3, 0.4) is 0 Å². The molecule has 2 unspecified atom stereocenters. The minimum Gasteiger partial charge on any atom is -0.394 e. The Morgan fingerprint density at radius 2 is 1.39 bits per heavy atom. The van der Waals surface area contributed by atoms with Gasteiger partial charge in [-0.1, -0.05) is 112 Å². The van der Waals surface area contributed by atoms with Gasteiger partial charge in [0.2, 0.25) is 41.4 Å². The fourth-order valence-corrected chi connectivity index (χ4v) is 11.6. The number of anilines is 1. The molecule has 0 saturated carbocycles. The van der Waals surface area contributed by atoms with Crippen LogP contribution in [0.15, 0.2) is 121 Å². The van der Waals surface area contributed by atoms with Crippen molar-refractivity contribution in [3.63, 3.8) is 0 Å². The SMILES string of the molecule is C#Cc1ccc2ccc(NCCCC[C@@H]3NC(=O)[C@@H](Cc4c[nH]c5ccccc45)NC(=O)[C@H](Cc4ccccc4)NC(=O)[C@@H](NC(=O)[C@H](N)Cc4ccccc4)CSSC[C@@H](C(=O)NC(CO)C(C)O)NC(=O)[C@H]([C@@H](C)O)NC3=O)nc2c1. The first kappa shape index (κ1) is 62.6. The number of aromatic amines is 1. The summed E-state index contributed by atoms with van der Waals surface area (Å²) in [7, 11) is 2.05. The topological polar surface area (TPSA) is 331 Å². The zero-order chi connectivity index (χ0) is 59.4. The maximum Gasteiger partial charge on any atom is 0.245 e. The van der Waals surface area contributed by atoms with Crippen LogP contribution < -0.4 is 48.3 Å². The van der Waals surface area contributed by atoms with Gasteiger partial charge in [0.25, 0.3) is 0 Å². The van der Waals surface area contributed by atoms with Gasteiger partial charge in [-0.15, -0.1) is 6.42 Å². The molecule has 0 aliphatic carbocycles. The van der Waals surface area contributed by atoms with Crippen LogP contribution in [-0.2, 0) is 52.8 Å². The highest BCUT2D eigenvalue weighted by molar-refractivity contribution is 8.76. The molecule has 14 N–H and O–H groups in total. The van der Waals surface area contributed by atoms with Gasteiger partial charge in [-0.3, -0.25) is 33.6 Å². The lowest BCUT2D eigenvalue weighted by Crippen LogP contribution is -2.62. The molecule has 3 heterocycles. The number of H-pyrrole nitrogens is 1. The number of benzene rings is 4. The number of nitrogens with two attached hydrogens (primary N) is 1. The lowest BCUT2D eigenvalue weighted by atomic mass is 10.0. The predicted molar refractivity (Wildman–Crippen MR) is 321 cm³/mol. The summed E-state index contributed by atoms with van der Waals surface area (Å²) in [6, 6.07) is 23.6. The smallest absolute Gasteiger partial charge is 0.245 e. The van der Waals surface area contributed by atoms with Gasteiger partial charge in [-0.05, 0) is 86.6 Å². The maximum absolute atomic E-state index is 15.0. The first-order valence-electron chi connectivity index (χ1n) is 27.3. The molecule has 10 atom stereocenters. The van der Waals surface area contributed by atoms with Crippen molar-refractivity contribution in [2.75, 3.05) is 30.0 Å². The molecule has 1 aliphatic rings. The number of carbonyl (C=O) groups is 7. The second-order valence-electron chi connectivity index (χ2n) is 20.4. The number of hydrogen-bond donors (Lipinski definition) is 13. The average Bonchev–Trinajstić information content (AvgIpc) is 4.17. The molecule has 1 fully saturated rings. The molecule has 0 spiro atoms. The fourth-order valence-electron chi connectivity index (χ4n) is 9.23. The molecule has 438 valence electrons. The molecule has 1 aliphatic heterocycles. The van der Waals surface area contributed by atoms with Crippen molar-refractivity contribution in [2.24, 2.45) is 5.73 Å². The molecule has 0 bridgehead atoms. The first-order chi connectivity index (χ1) is 40.0. The van der Waals surface area contributed by atoms with E-state index in [9.17, 15) is 44.1 Å². The van der Waals surface area contributed by atoms with Crippen molar-refractivity contribution in [3.05, 3.63) is 144 Å². The van der Waals surface area contributed by atoms with E-state index >= 15 is 4.79 Å². The predicted octanol–water partition coefficient (Wildman–Crippen LogP) is 1.88. The summed E-state index contributed by atoms with van der Waals surface area (Å²) in [5.41, 5.74) is 10.6. The number of aliphatic hydroxyl groups excluding tert-OH is 3. The standard InChI is InChI=1S/C60H71N11O10S2/c1-4-37-22-23-40-24-25-52(64-46(40)28-37)62-26-14-13-21-45-55(76)71-53(36(3)74)60(81)70-51(59(80)68-49(32-72)35(2)73)34-83-82-33-50(69-54(75)43(61)27-38-15-7-5-8-16-38)58(79)66-47(29-39-17-9-6-10-18-39)56(77)67-48(57(78)65-45)30-41-31-63-44-20-12-11-19-42(41)44/h1,5-12,15-20,22-25,28,31,35-36,43,45,47-51,53,63,72-74H,13-14,21,26-27,29-30,32-34,61H2,2-3H3,(H,62,64)(H,65,78)(H,66,79)(H,67,77)(H,68,80)(H,69,75)(H,70,81)(H,71,76)/t35?,36-,43-,45+,47+,48-,49?,50+,51+,53+/m1/s1. The lowest BCUT2D eigenvalue weighted by molar-refractivity contribution is -0.136. The number of pyridine rings is 1. The number of aromatic nitrogens is 2. The number of para-hydroxylation sites is 1. The van der Waals surface area contributed by atoms with E-state index in [1.165, 1.54) is 13.8 Å². The Morgan fingerprint density at radius 1 is 0.747 bits per heavy atom. The van der Waals surface area contributed by atoms with Gasteiger partial charge < -0.3 is 68.6 Å². The Labute approximate surface area is 489 Å². The quantitative estimate of drug-likeness (QED) is 0.0313. The molecule has 1 saturated heterocycles. The van der Waals surface area contributed by atoms with Crippen LogP contribution in [-0.4, -0.2) is 152 Å². The third kappa shape index (κ3) is 18.3. The monoisotopic (exact) mass is 1170 g/mol. The highest BCUT2D eigenvalue weighted by atomic mass is 33.1. The van der Waals surface area contributed by atoms with Crippen LogP contribution in [0.2, 0.25) is 0 Å². The number of unbranched alkanes of at least 4 members (excludes halogenated alkanes) is 1. The molecule has 6 aromatic rings. The third-order valence-corrected chi connectivity index (χ3v) is 16.4. The minimum absolute atomic E-state index is 0.00653. The van der Waals surface area contributed by atoms with E-state index in [2.05, 4.69) is 58.4 Å². The molecular weight excluding hydrogens is 1100 g/mol. The summed E-state index contributed by atoms with van der Waals surface area (Å²) >= 11 is 0. The van der Waals surface area contributed by atoms with E-state index in [4.69, 9.17) is 12.2 Å². The van der Waals surface area contributed by atoms with E-state index in [1.54, 1.807) is 66.9 Å². The second kappa shape index (κ2) is 30.9. The Hall–Kier alpha value is -7.98. The van der Waals surface area contributed by atoms with Crippen LogP contribution in [0, 0.1) is 12.3 Å². The number of carbonyl (C=O) groups excluding carboxylic acids is 7. The summed E-state index contributed by atoms with van der Waals surface area (Å²) < 4.78 is 0. The summed E-state index contributed by atoms with van der Waals surface area (Å²) in [5, 5.41) is 55.4. The summed E-state index contributed by atoms with van der Waals surface area (Å²) in [6.07, 6.45) is 5.27. The second-order valence-corrected chi connectivity index (χ2v) is 22.9. The number of amides is 7. The number of hydrogen-bond acceptors (Lipinski definition) is 15. The Bertz CT molecular complexity index is 3230. The van der Waals surface area contributed by atoms with Crippen LogP contribution in [0.4, 0.5) is 5.82 Å². The minimum atomic E-state index is -1.70. The normalized spacial score (nSPS) is 21.1. The van der Waals surface area contributed by atoms with Crippen LogP contribution in [0.25, 0.3) is 21.8 Å². The Kier molecular flexibility index (Phi) is 23.3. The number of nitrogens with zero attached hydrogens (tertiary/aromatic N) is 1. The molecule has 0 radical (unpaired) electrons. The molecule has 83 heavy (non-hydrogen) atoms. The summed E-state index contributed by atoms with van der Waals surface area (Å²) in [5.74, 6) is -2.94. The van der Waals surface area contributed by atoms with Gasteiger partial charge in [-0.25, -0.2) is 4.98 Å². The van der Waals surface area contributed by atoms with E-state index in [0.717, 1.165) is 43.4 Å². The van der Waals surface area contributed by atoms with Crippen LogP contribution >= 0.6 is 21.6 Å². The molecular formula is C60H71N11O10S2. The zero-order valence-electron chi connectivity index (χ0n) is 46.0. The van der Waals surface area contributed by atoms with Gasteiger partial charge in [0.1, 0.15) is 42.1 Å². The van der Waals surface area contributed by atoms with Crippen molar-refractivity contribution < 1.29 is 48.9 Å². The third-order valence-electron chi connectivity index (χ3n) is 14.0. The van der Waals surface area contributed by atoms with E-state index in [1.807, 2.05) is 54.6 Å². The number of aliphatic hydroxyl groups is 3. The first-order valence-corrected chi connectivity index (χ1v) is 29.8. The Balaban J connectivity index is 1.23. The van der Waals surface area contributed by atoms with Crippen molar-refractivity contribution in [3.8, 4) is 12.3 Å². The van der Waals surface area contributed by atoms with Gasteiger partial charge in [0.15, 0.2) is 0 Å². The van der Waals surface area contributed by atoms with Crippen molar-refractivity contribution in [2.45, 2.75) is 113 Å². The van der Waals surface area contributed by atoms with Crippen LogP contribution in [0.5, 0.6) is 0 Å². The van der Waals surface area contributed by atoms with E-state index in [-0.39, 0.29) is 37.2 Å². The van der Waals surface area contributed by atoms with Crippen molar-refractivity contribution in [1.29, 1.82) is 0 Å². The number of terminal acetylenes is 1. The fraction of sp³-hybridized carbons (Fsp3) is 0.367. The highest BCUT2D eigenvalue weighted by Gasteiger charge is 2.36. The largest absolute Gasteiger partial charge is 0.394 e.